The Hall–Kier alpha value is -4.26. The Morgan fingerprint density at radius 1 is 0.829 bits per heavy atom. The van der Waals surface area contributed by atoms with E-state index in [0.717, 1.165) is 16.5 Å². The Morgan fingerprint density at radius 2 is 1.51 bits per heavy atom. The molecule has 180 valence electrons. The maximum Gasteiger partial charge on any atom is 0.255 e. The van der Waals surface area contributed by atoms with Crippen LogP contribution in [-0.2, 0) is 5.41 Å². The molecule has 1 heterocycles. The molecule has 0 saturated heterocycles. The zero-order chi connectivity index (χ0) is 25.0. The third-order valence-electron chi connectivity index (χ3n) is 6.08. The molecule has 3 N–H and O–H groups in total. The predicted octanol–water partition coefficient (Wildman–Crippen LogP) is 5.15. The van der Waals surface area contributed by atoms with Gasteiger partial charge in [-0.05, 0) is 60.2 Å². The van der Waals surface area contributed by atoms with Crippen LogP contribution < -0.4 is 20.1 Å². The molecule has 0 unspecified atom stereocenters. The van der Waals surface area contributed by atoms with E-state index in [1.54, 1.807) is 25.3 Å². The van der Waals surface area contributed by atoms with Crippen LogP contribution in [0, 0.1) is 0 Å². The van der Waals surface area contributed by atoms with Gasteiger partial charge in [0.25, 0.3) is 11.8 Å². The summed E-state index contributed by atoms with van der Waals surface area (Å²) in [5, 5.41) is 6.95. The van der Waals surface area contributed by atoms with Crippen molar-refractivity contribution in [3.8, 4) is 11.5 Å². The number of aromatic nitrogens is 1. The largest absolute Gasteiger partial charge is 0.493 e. The van der Waals surface area contributed by atoms with E-state index < -0.39 is 0 Å². The van der Waals surface area contributed by atoms with E-state index in [1.165, 1.54) is 7.11 Å². The van der Waals surface area contributed by atoms with Gasteiger partial charge in [0.15, 0.2) is 11.5 Å². The number of aromatic amines is 1. The summed E-state index contributed by atoms with van der Waals surface area (Å²) in [6.45, 7) is 4.61. The summed E-state index contributed by atoms with van der Waals surface area (Å²) in [6, 6.07) is 20.2. The topological polar surface area (TPSA) is 92.5 Å². The van der Waals surface area contributed by atoms with Gasteiger partial charge < -0.3 is 25.1 Å². The summed E-state index contributed by atoms with van der Waals surface area (Å²) < 4.78 is 10.5. The van der Waals surface area contributed by atoms with Crippen LogP contribution in [0.5, 0.6) is 11.5 Å². The lowest BCUT2D eigenvalue weighted by atomic mass is 9.84. The maximum atomic E-state index is 12.7. The van der Waals surface area contributed by atoms with Crippen LogP contribution in [0.3, 0.4) is 0 Å². The third-order valence-corrected chi connectivity index (χ3v) is 6.08. The fourth-order valence-corrected chi connectivity index (χ4v) is 3.89. The Labute approximate surface area is 204 Å². The molecule has 3 aromatic carbocycles. The van der Waals surface area contributed by atoms with E-state index in [2.05, 4.69) is 29.5 Å². The molecule has 0 bridgehead atoms. The van der Waals surface area contributed by atoms with Crippen LogP contribution in [0.2, 0.25) is 0 Å². The van der Waals surface area contributed by atoms with E-state index >= 15 is 0 Å². The number of amides is 2. The van der Waals surface area contributed by atoms with Crippen molar-refractivity contribution in [2.45, 2.75) is 19.3 Å². The molecular weight excluding hydrogens is 442 g/mol. The molecule has 0 aliphatic rings. The molecule has 0 atom stereocenters. The number of methoxy groups -OCH3 is 2. The Kier molecular flexibility index (Phi) is 6.78. The van der Waals surface area contributed by atoms with Crippen LogP contribution in [0.15, 0.2) is 72.9 Å². The van der Waals surface area contributed by atoms with Crippen LogP contribution in [0.25, 0.3) is 10.9 Å². The van der Waals surface area contributed by atoms with Gasteiger partial charge in [-0.3, -0.25) is 9.59 Å². The lowest BCUT2D eigenvalue weighted by molar-refractivity contribution is 0.0945. The normalized spacial score (nSPS) is 11.2. The number of carbonyl (C=O) groups is 2. The molecule has 4 aromatic rings. The van der Waals surface area contributed by atoms with Gasteiger partial charge in [-0.15, -0.1) is 0 Å². The Bertz CT molecular complexity index is 1360. The lowest BCUT2D eigenvalue weighted by Gasteiger charge is -2.26. The highest BCUT2D eigenvalue weighted by Gasteiger charge is 2.22. The van der Waals surface area contributed by atoms with Crippen LogP contribution >= 0.6 is 0 Å². The van der Waals surface area contributed by atoms with E-state index in [9.17, 15) is 9.59 Å². The zero-order valence-corrected chi connectivity index (χ0v) is 20.3. The fourth-order valence-electron chi connectivity index (χ4n) is 3.89. The first-order valence-corrected chi connectivity index (χ1v) is 11.3. The van der Waals surface area contributed by atoms with Crippen LogP contribution in [-0.4, -0.2) is 37.6 Å². The summed E-state index contributed by atoms with van der Waals surface area (Å²) in [5.74, 6) is 0.699. The molecule has 0 spiro atoms. The molecule has 0 aliphatic carbocycles. The monoisotopic (exact) mass is 471 g/mol. The molecule has 35 heavy (non-hydrogen) atoms. The van der Waals surface area contributed by atoms with Crippen molar-refractivity contribution in [3.63, 3.8) is 0 Å². The highest BCUT2D eigenvalue weighted by atomic mass is 16.5. The number of benzene rings is 3. The number of H-pyrrole nitrogens is 1. The molecule has 7 heteroatoms. The Balaban J connectivity index is 1.38. The highest BCUT2D eigenvalue weighted by Crippen LogP contribution is 2.28. The molecule has 1 aromatic heterocycles. The third kappa shape index (κ3) is 5.30. The Morgan fingerprint density at radius 3 is 2.23 bits per heavy atom. The first-order chi connectivity index (χ1) is 16.8. The molecular formula is C28H29N3O4. The second-order valence-corrected chi connectivity index (χ2v) is 8.95. The minimum Gasteiger partial charge on any atom is -0.493 e. The minimum absolute atomic E-state index is 0.111. The number of ether oxygens (including phenoxy) is 2. The smallest absolute Gasteiger partial charge is 0.255 e. The van der Waals surface area contributed by atoms with Gasteiger partial charge in [-0.2, -0.15) is 0 Å². The van der Waals surface area contributed by atoms with Crippen molar-refractivity contribution in [2.75, 3.05) is 26.1 Å². The summed E-state index contributed by atoms with van der Waals surface area (Å²) >= 11 is 0. The van der Waals surface area contributed by atoms with Gasteiger partial charge >= 0.3 is 0 Å². The predicted molar refractivity (Wildman–Crippen MR) is 138 cm³/mol. The number of anilines is 1. The van der Waals surface area contributed by atoms with Crippen molar-refractivity contribution in [3.05, 3.63) is 89.6 Å². The number of fused-ring (bicyclic) bond motifs is 1. The second kappa shape index (κ2) is 9.93. The molecule has 2 amide bonds. The highest BCUT2D eigenvalue weighted by molar-refractivity contribution is 6.04. The van der Waals surface area contributed by atoms with Crippen molar-refractivity contribution in [2.24, 2.45) is 0 Å². The first-order valence-electron chi connectivity index (χ1n) is 11.3. The van der Waals surface area contributed by atoms with Gasteiger partial charge in [0.05, 0.1) is 14.2 Å². The number of nitrogens with one attached hydrogen (secondary N) is 3. The molecule has 7 nitrogen and oxygen atoms in total. The molecule has 0 saturated carbocycles. The second-order valence-electron chi connectivity index (χ2n) is 8.95. The maximum absolute atomic E-state index is 12.7. The summed E-state index contributed by atoms with van der Waals surface area (Å²) in [4.78, 5) is 28.5. The van der Waals surface area contributed by atoms with Gasteiger partial charge in [-0.25, -0.2) is 0 Å². The van der Waals surface area contributed by atoms with E-state index in [-0.39, 0.29) is 17.2 Å². The number of rotatable bonds is 8. The average Bonchev–Trinajstić information content (AvgIpc) is 3.35. The lowest BCUT2D eigenvalue weighted by Crippen LogP contribution is -2.36. The average molecular weight is 472 g/mol. The van der Waals surface area contributed by atoms with Crippen molar-refractivity contribution >= 4 is 28.4 Å². The minimum atomic E-state index is -0.306. The summed E-state index contributed by atoms with van der Waals surface area (Å²) in [7, 11) is 3.08. The van der Waals surface area contributed by atoms with Crippen molar-refractivity contribution in [1.82, 2.24) is 10.3 Å². The number of hydrogen-bond acceptors (Lipinski definition) is 4. The fraction of sp³-hybridized carbons (Fsp3) is 0.214. The van der Waals surface area contributed by atoms with Gasteiger partial charge in [0.1, 0.15) is 0 Å². The zero-order valence-electron chi connectivity index (χ0n) is 20.3. The summed E-state index contributed by atoms with van der Waals surface area (Å²) in [6.07, 6.45) is 1.86. The quantitative estimate of drug-likeness (QED) is 0.332. The van der Waals surface area contributed by atoms with Gasteiger partial charge in [-0.1, -0.05) is 26.0 Å². The van der Waals surface area contributed by atoms with Gasteiger partial charge in [0, 0.05) is 45.9 Å². The SMILES string of the molecule is COc1ccc(C(=O)Nc2ccc(C(C)(C)CNC(=O)c3ccc4[nH]ccc4c3)cc2)cc1OC. The van der Waals surface area contributed by atoms with Gasteiger partial charge in [0.2, 0.25) is 0 Å². The standard InChI is InChI=1S/C28H29N3O4/c1-28(2,17-30-26(32)19-5-11-23-18(15-19)13-14-29-23)21-7-9-22(10-8-21)31-27(33)20-6-12-24(34-3)25(16-20)35-4/h5-16,29H,17H2,1-4H3,(H,30,32)(H,31,33). The molecule has 0 radical (unpaired) electrons. The van der Waals surface area contributed by atoms with Crippen molar-refractivity contribution in [1.29, 1.82) is 0 Å². The number of carbonyl (C=O) groups excluding carboxylic acids is 2. The number of hydrogen-bond donors (Lipinski definition) is 3. The molecule has 0 fully saturated rings. The summed E-state index contributed by atoms with van der Waals surface area (Å²) in [5.41, 5.74) is 3.50. The molecule has 0 aliphatic heterocycles. The van der Waals surface area contributed by atoms with E-state index in [4.69, 9.17) is 9.47 Å². The van der Waals surface area contributed by atoms with Crippen LogP contribution in [0.4, 0.5) is 5.69 Å². The molecule has 4 rings (SSSR count). The first kappa shape index (κ1) is 23.9. The van der Waals surface area contributed by atoms with E-state index in [1.807, 2.05) is 54.7 Å². The van der Waals surface area contributed by atoms with Crippen LogP contribution in [0.1, 0.15) is 40.1 Å². The van der Waals surface area contributed by atoms with Crippen molar-refractivity contribution < 1.29 is 19.1 Å². The van der Waals surface area contributed by atoms with E-state index in [0.29, 0.717) is 34.9 Å².